The highest BCUT2D eigenvalue weighted by molar-refractivity contribution is 8.01. The molecule has 0 radical (unpaired) electrons. The second-order valence-corrected chi connectivity index (χ2v) is 12.4. The lowest BCUT2D eigenvalue weighted by molar-refractivity contribution is -0.120. The Hall–Kier alpha value is -4.11. The van der Waals surface area contributed by atoms with Crippen LogP contribution in [0.15, 0.2) is 27.6 Å². The second kappa shape index (κ2) is 15.0. The first-order chi connectivity index (χ1) is 23.8. The Labute approximate surface area is 286 Å². The number of hydrogen-bond donors (Lipinski definition) is 11. The van der Waals surface area contributed by atoms with Gasteiger partial charge >= 0.3 is 6.03 Å². The molecular formula is C26H38N12O11S. The predicted octanol–water partition coefficient (Wildman–Crippen LogP) is -5.65. The first-order valence-electron chi connectivity index (χ1n) is 15.0. The van der Waals surface area contributed by atoms with E-state index in [4.69, 9.17) is 26.0 Å². The number of carbonyl (C=O) groups is 2. The quantitative estimate of drug-likeness (QED) is 0.115. The van der Waals surface area contributed by atoms with E-state index in [0.29, 0.717) is 11.7 Å². The van der Waals surface area contributed by atoms with Crippen LogP contribution in [0.4, 0.5) is 10.6 Å². The predicted molar refractivity (Wildman–Crippen MR) is 173 cm³/mol. The zero-order valence-electron chi connectivity index (χ0n) is 26.5. The molecule has 0 spiro atoms. The molecule has 0 saturated carbocycles. The van der Waals surface area contributed by atoms with Gasteiger partial charge < -0.3 is 67.3 Å². The van der Waals surface area contributed by atoms with Gasteiger partial charge in [0.05, 0.1) is 32.0 Å². The minimum Gasteiger partial charge on any atom is -0.394 e. The maximum atomic E-state index is 12.4. The molecule has 2 aromatic rings. The molecule has 24 heteroatoms. The maximum Gasteiger partial charge on any atom is 0.312 e. The fourth-order valence-corrected chi connectivity index (χ4v) is 6.40. The lowest BCUT2D eigenvalue weighted by Crippen LogP contribution is -2.54. The number of nitrogens with zero attached hydrogens (tertiary/aromatic N) is 8. The van der Waals surface area contributed by atoms with Crippen molar-refractivity contribution in [1.29, 1.82) is 0 Å². The Morgan fingerprint density at radius 3 is 2.26 bits per heavy atom. The van der Waals surface area contributed by atoms with Gasteiger partial charge in [0.15, 0.2) is 35.3 Å². The van der Waals surface area contributed by atoms with E-state index in [2.05, 4.69) is 40.6 Å². The summed E-state index contributed by atoms with van der Waals surface area (Å²) in [5, 5.41) is 72.7. The van der Waals surface area contributed by atoms with Crippen LogP contribution in [0.3, 0.4) is 0 Å². The van der Waals surface area contributed by atoms with Crippen molar-refractivity contribution in [1.82, 2.24) is 29.7 Å². The lowest BCUT2D eigenvalue weighted by atomic mass is 10.1. The number of nitrogens with one attached hydrogen (secondary N) is 2. The third-order valence-corrected chi connectivity index (χ3v) is 9.35. The molecule has 0 bridgehead atoms. The fourth-order valence-electron chi connectivity index (χ4n) is 5.62. The Bertz CT molecular complexity index is 1660. The van der Waals surface area contributed by atoms with E-state index in [1.807, 2.05) is 6.26 Å². The number of anilines is 1. The summed E-state index contributed by atoms with van der Waals surface area (Å²) in [6.07, 6.45) is -4.35. The molecule has 4 aliphatic heterocycles. The van der Waals surface area contributed by atoms with E-state index in [0.717, 1.165) is 6.33 Å². The summed E-state index contributed by atoms with van der Waals surface area (Å²) in [6.45, 7) is 0.596. The molecule has 274 valence electrons. The molecule has 6 rings (SSSR count). The van der Waals surface area contributed by atoms with Gasteiger partial charge in [-0.15, -0.1) is 11.8 Å². The molecule has 6 heterocycles. The number of aliphatic imine (C=N–C) groups is 3. The van der Waals surface area contributed by atoms with Gasteiger partial charge in [-0.05, 0) is 13.2 Å². The molecule has 4 aliphatic rings. The summed E-state index contributed by atoms with van der Waals surface area (Å²) in [5.74, 6) is 0.0338. The number of nitrogens with two attached hydrogens (primary N) is 2. The average Bonchev–Trinajstić information content (AvgIpc) is 3.84. The van der Waals surface area contributed by atoms with E-state index in [9.17, 15) is 40.2 Å². The number of aliphatic hydroxyl groups is 7. The van der Waals surface area contributed by atoms with E-state index in [-0.39, 0.29) is 30.3 Å². The number of hydrogen-bond acceptors (Lipinski definition) is 20. The lowest BCUT2D eigenvalue weighted by Gasteiger charge is -2.33. The van der Waals surface area contributed by atoms with Gasteiger partial charge in [-0.25, -0.2) is 34.7 Å². The van der Waals surface area contributed by atoms with Crippen LogP contribution >= 0.6 is 11.8 Å². The Balaban J connectivity index is 0.000000204. The smallest absolute Gasteiger partial charge is 0.312 e. The monoisotopic (exact) mass is 726 g/mol. The highest BCUT2D eigenvalue weighted by Crippen LogP contribution is 2.37. The van der Waals surface area contributed by atoms with Crippen LogP contribution in [0.5, 0.6) is 0 Å². The Morgan fingerprint density at radius 2 is 1.68 bits per heavy atom. The highest BCUT2D eigenvalue weighted by atomic mass is 32.2. The molecular weight excluding hydrogens is 688 g/mol. The first-order valence-corrected chi connectivity index (χ1v) is 16.2. The number of primary amides is 1. The van der Waals surface area contributed by atoms with Crippen molar-refractivity contribution in [3.05, 3.63) is 12.7 Å². The third kappa shape index (κ3) is 6.69. The molecule has 50 heavy (non-hydrogen) atoms. The number of aromatic nitrogens is 4. The maximum absolute atomic E-state index is 12.4. The van der Waals surface area contributed by atoms with Crippen LogP contribution < -0.4 is 22.1 Å². The zero-order valence-corrected chi connectivity index (χ0v) is 27.3. The molecule has 3 amide bonds. The van der Waals surface area contributed by atoms with Crippen molar-refractivity contribution in [3.63, 3.8) is 0 Å². The topological polar surface area (TPSA) is 354 Å². The Morgan fingerprint density at radius 1 is 1.04 bits per heavy atom. The summed E-state index contributed by atoms with van der Waals surface area (Å²) >= 11 is 1.37. The van der Waals surface area contributed by atoms with Gasteiger partial charge in [-0.1, -0.05) is 0 Å². The van der Waals surface area contributed by atoms with Gasteiger partial charge in [-0.3, -0.25) is 14.3 Å². The van der Waals surface area contributed by atoms with Crippen LogP contribution in [-0.2, 0) is 14.3 Å². The molecule has 11 atom stereocenters. The SMILES string of the molecule is CC(O)C(NC(N)=O)C(=O)Nc1ncnc2c1ncn2[C@@H]1O[C@H](CO)[C@@H](O)[C@H]1O.CSC12N=CN([C@@H]3O[C@H](CO)[C@@H](O)[C@H]3O)C1=NCN=C2N. The van der Waals surface area contributed by atoms with E-state index in [1.54, 1.807) is 4.90 Å². The van der Waals surface area contributed by atoms with Crippen LogP contribution in [0.25, 0.3) is 11.2 Å². The molecule has 3 unspecified atom stereocenters. The van der Waals surface area contributed by atoms with Crippen molar-refractivity contribution in [2.45, 2.75) is 73.0 Å². The van der Waals surface area contributed by atoms with Crippen molar-refractivity contribution in [2.24, 2.45) is 26.4 Å². The number of amides is 3. The fraction of sp³-hybridized carbons (Fsp3) is 0.615. The van der Waals surface area contributed by atoms with Crippen molar-refractivity contribution < 1.29 is 54.8 Å². The second-order valence-electron chi connectivity index (χ2n) is 11.4. The Kier molecular flexibility index (Phi) is 11.2. The molecule has 0 aromatic carbocycles. The number of rotatable bonds is 9. The summed E-state index contributed by atoms with van der Waals surface area (Å²) in [5.41, 5.74) is 11.3. The standard InChI is InChI=1S/C15H21N7O7.C11H17N5O4S/c1-5(24)7(20-15(16)28)13(27)21-11-8-12(18-3-17-11)22(4-19-8)14-10(26)9(25)6(2-23)29-14;1-21-11-9(12)13-3-14-10(11)16(4-15-11)8-7(19)6(18)5(2-17)20-8/h3-7,9-10,14,23-26H,2H2,1H3,(H3,16,20,28)(H,17,18,21,27);4-8,17-19H,2-3H2,1H3,(H2,12,13)/t5?,6-,7?,9-,10-,14-;5-,6-,7-,8-,11?/m11/s1. The van der Waals surface area contributed by atoms with E-state index in [1.165, 1.54) is 35.9 Å². The van der Waals surface area contributed by atoms with Crippen LogP contribution in [0.1, 0.15) is 13.2 Å². The van der Waals surface area contributed by atoms with E-state index >= 15 is 0 Å². The molecule has 2 fully saturated rings. The van der Waals surface area contributed by atoms with Crippen molar-refractivity contribution in [2.75, 3.05) is 31.5 Å². The normalized spacial score (nSPS) is 32.9. The number of amidine groups is 2. The minimum absolute atomic E-state index is 0.0255. The van der Waals surface area contributed by atoms with Crippen molar-refractivity contribution >= 4 is 58.7 Å². The summed E-state index contributed by atoms with van der Waals surface area (Å²) in [6, 6.07) is -2.33. The summed E-state index contributed by atoms with van der Waals surface area (Å²) < 4.78 is 12.3. The first kappa shape index (κ1) is 37.2. The minimum atomic E-state index is -1.35. The van der Waals surface area contributed by atoms with Crippen LogP contribution in [0, 0.1) is 0 Å². The number of carbonyl (C=O) groups excluding carboxylic acids is 2. The molecule has 2 saturated heterocycles. The molecule has 0 aliphatic carbocycles. The van der Waals surface area contributed by atoms with Gasteiger partial charge in [0.1, 0.15) is 61.5 Å². The number of ether oxygens (including phenoxy) is 2. The van der Waals surface area contributed by atoms with Crippen LogP contribution in [0.2, 0.25) is 0 Å². The number of imidazole rings is 1. The molecule has 2 aromatic heterocycles. The average molecular weight is 727 g/mol. The summed E-state index contributed by atoms with van der Waals surface area (Å²) in [7, 11) is 0. The summed E-state index contributed by atoms with van der Waals surface area (Å²) in [4.78, 5) is 49.0. The van der Waals surface area contributed by atoms with Crippen LogP contribution in [-0.4, -0.2) is 176 Å². The number of thioether (sulfide) groups is 1. The number of fused-ring (bicyclic) bond motifs is 2. The molecule has 13 N–H and O–H groups in total. The number of urea groups is 1. The van der Waals surface area contributed by atoms with E-state index < -0.39 is 84.6 Å². The largest absolute Gasteiger partial charge is 0.394 e. The third-order valence-electron chi connectivity index (χ3n) is 8.26. The number of aliphatic hydroxyl groups excluding tert-OH is 7. The highest BCUT2D eigenvalue weighted by Gasteiger charge is 2.54. The molecule has 23 nitrogen and oxygen atoms in total. The van der Waals surface area contributed by atoms with Gasteiger partial charge in [0.25, 0.3) is 5.91 Å². The van der Waals surface area contributed by atoms with Gasteiger partial charge in [-0.2, -0.15) is 0 Å². The van der Waals surface area contributed by atoms with Gasteiger partial charge in [0.2, 0.25) is 4.87 Å². The van der Waals surface area contributed by atoms with Gasteiger partial charge in [0, 0.05) is 0 Å². The van der Waals surface area contributed by atoms with Crippen molar-refractivity contribution in [3.8, 4) is 0 Å². The zero-order chi connectivity index (χ0) is 36.5.